The number of benzene rings is 3. The molecule has 3 aromatic carbocycles. The SMILES string of the molecule is O=C(ON(c1cccc(-c2nc(C3CCN(C4CC4)CC3)sc2-c2ccnc(Cl)n2)c1F)S(=O)(=O)c1cc(F)ccc1F)c1ccccc1. The van der Waals surface area contributed by atoms with Crippen molar-refractivity contribution in [2.24, 2.45) is 0 Å². The predicted molar refractivity (Wildman–Crippen MR) is 178 cm³/mol. The number of nitrogens with zero attached hydrogens (tertiary/aromatic N) is 5. The maximum atomic E-state index is 16.9. The number of carbonyl (C=O) groups excluding carboxylic acids is 1. The number of anilines is 1. The molecule has 2 fully saturated rings. The Balaban J connectivity index is 1.34. The third-order valence-electron chi connectivity index (χ3n) is 8.44. The van der Waals surface area contributed by atoms with Crippen LogP contribution in [0.5, 0.6) is 0 Å². The first-order chi connectivity index (χ1) is 23.6. The van der Waals surface area contributed by atoms with Crippen molar-refractivity contribution >= 4 is 44.6 Å². The van der Waals surface area contributed by atoms with E-state index in [1.165, 1.54) is 66.8 Å². The molecule has 252 valence electrons. The smallest absolute Gasteiger partial charge is 0.320 e. The van der Waals surface area contributed by atoms with Gasteiger partial charge in [-0.15, -0.1) is 11.3 Å². The molecule has 0 unspecified atom stereocenters. The number of likely N-dealkylation sites (tertiary alicyclic amines) is 1. The zero-order valence-corrected chi connectivity index (χ0v) is 28.0. The molecular formula is C34H27ClF3N5O4S2. The van der Waals surface area contributed by atoms with E-state index in [1.54, 1.807) is 12.1 Å². The molecule has 9 nitrogen and oxygen atoms in total. The molecule has 1 saturated heterocycles. The molecule has 0 bridgehead atoms. The molecule has 0 spiro atoms. The Morgan fingerprint density at radius 3 is 2.41 bits per heavy atom. The number of hydrogen-bond donors (Lipinski definition) is 0. The van der Waals surface area contributed by atoms with Crippen molar-refractivity contribution in [1.82, 2.24) is 19.9 Å². The lowest BCUT2D eigenvalue weighted by Crippen LogP contribution is -2.35. The number of halogens is 4. The van der Waals surface area contributed by atoms with Gasteiger partial charge in [0, 0.05) is 23.7 Å². The van der Waals surface area contributed by atoms with Crippen molar-refractivity contribution in [1.29, 1.82) is 0 Å². The molecule has 0 amide bonds. The van der Waals surface area contributed by atoms with Gasteiger partial charge in [-0.1, -0.05) is 28.7 Å². The Labute approximate surface area is 289 Å². The van der Waals surface area contributed by atoms with Gasteiger partial charge in [-0.25, -0.2) is 32.9 Å². The molecule has 0 atom stereocenters. The topological polar surface area (TPSA) is 106 Å². The van der Waals surface area contributed by atoms with Gasteiger partial charge in [0.05, 0.1) is 26.8 Å². The van der Waals surface area contributed by atoms with E-state index in [1.807, 2.05) is 0 Å². The number of thiazole rings is 1. The monoisotopic (exact) mass is 725 g/mol. The standard InChI is InChI=1S/C34H27ClF3N5O4S2/c35-34-39-16-13-26(40-34)31-30(41-32(48-31)20-14-17-42(18-15-20)23-10-11-23)24-7-4-8-27(29(24)38)43(47-33(44)21-5-2-1-3-6-21)49(45,46)28-19-22(36)9-12-25(28)37/h1-9,12-13,16,19-20,23H,10-11,14-15,17-18H2. The molecule has 3 heterocycles. The quantitative estimate of drug-likeness (QED) is 0.113. The van der Waals surface area contributed by atoms with Gasteiger partial charge in [-0.3, -0.25) is 0 Å². The van der Waals surface area contributed by atoms with E-state index in [9.17, 15) is 22.0 Å². The maximum Gasteiger partial charge on any atom is 0.364 e. The fourth-order valence-electron chi connectivity index (χ4n) is 5.82. The zero-order chi connectivity index (χ0) is 34.3. The van der Waals surface area contributed by atoms with Gasteiger partial charge in [0.2, 0.25) is 5.28 Å². The zero-order valence-electron chi connectivity index (χ0n) is 25.6. The van der Waals surface area contributed by atoms with Crippen LogP contribution >= 0.6 is 22.9 Å². The lowest BCUT2D eigenvalue weighted by atomic mass is 9.97. The number of rotatable bonds is 9. The van der Waals surface area contributed by atoms with Crippen LogP contribution in [0.3, 0.4) is 0 Å². The number of sulfonamides is 1. The highest BCUT2D eigenvalue weighted by molar-refractivity contribution is 7.92. The van der Waals surface area contributed by atoms with Crippen LogP contribution < -0.4 is 4.47 Å². The number of carbonyl (C=O) groups is 1. The predicted octanol–water partition coefficient (Wildman–Crippen LogP) is 7.65. The minimum absolute atomic E-state index is 0.0267. The number of aromatic nitrogens is 3. The minimum atomic E-state index is -5.24. The average Bonchev–Trinajstić information content (AvgIpc) is 3.87. The van der Waals surface area contributed by atoms with E-state index < -0.39 is 44.0 Å². The maximum absolute atomic E-state index is 16.9. The first kappa shape index (κ1) is 33.1. The fraction of sp³-hybridized carbons (Fsp3) is 0.235. The lowest BCUT2D eigenvalue weighted by molar-refractivity contribution is 0.0526. The van der Waals surface area contributed by atoms with Gasteiger partial charge in [-0.05, 0) is 98.9 Å². The van der Waals surface area contributed by atoms with Gasteiger partial charge in [0.25, 0.3) is 10.0 Å². The Kier molecular flexibility index (Phi) is 9.13. The van der Waals surface area contributed by atoms with Crippen LogP contribution in [0.1, 0.15) is 47.0 Å². The summed E-state index contributed by atoms with van der Waals surface area (Å²) >= 11 is 7.46. The van der Waals surface area contributed by atoms with Crippen LogP contribution in [-0.4, -0.2) is 53.4 Å². The summed E-state index contributed by atoms with van der Waals surface area (Å²) < 4.78 is 73.9. The third-order valence-corrected chi connectivity index (χ3v) is 11.4. The fourth-order valence-corrected chi connectivity index (χ4v) is 8.50. The third kappa shape index (κ3) is 6.78. The van der Waals surface area contributed by atoms with E-state index >= 15 is 4.39 Å². The number of hydrogen-bond acceptors (Lipinski definition) is 9. The van der Waals surface area contributed by atoms with Crippen molar-refractivity contribution < 1.29 is 31.2 Å². The van der Waals surface area contributed by atoms with Crippen LogP contribution in [0.4, 0.5) is 18.9 Å². The minimum Gasteiger partial charge on any atom is -0.320 e. The van der Waals surface area contributed by atoms with Gasteiger partial charge in [-0.2, -0.15) is 8.42 Å². The summed E-state index contributed by atoms with van der Waals surface area (Å²) in [6, 6.07) is 15.2. The Morgan fingerprint density at radius 1 is 0.939 bits per heavy atom. The summed E-state index contributed by atoms with van der Waals surface area (Å²) in [6.07, 6.45) is 5.59. The molecule has 1 aliphatic carbocycles. The van der Waals surface area contributed by atoms with Crippen molar-refractivity contribution in [3.8, 4) is 21.8 Å². The Morgan fingerprint density at radius 2 is 1.69 bits per heavy atom. The summed E-state index contributed by atoms with van der Waals surface area (Å²) in [4.78, 5) is 33.4. The van der Waals surface area contributed by atoms with Crippen molar-refractivity contribution in [2.45, 2.75) is 42.5 Å². The first-order valence-corrected chi connectivity index (χ1v) is 18.0. The van der Waals surface area contributed by atoms with Crippen LogP contribution in [0, 0.1) is 17.5 Å². The molecule has 1 saturated carbocycles. The average molecular weight is 726 g/mol. The molecular weight excluding hydrogens is 699 g/mol. The summed E-state index contributed by atoms with van der Waals surface area (Å²) in [7, 11) is -5.24. The molecule has 2 aliphatic rings. The normalized spacial score (nSPS) is 15.7. The van der Waals surface area contributed by atoms with Crippen LogP contribution in [-0.2, 0) is 14.9 Å². The van der Waals surface area contributed by atoms with Crippen molar-refractivity contribution in [3.05, 3.63) is 112 Å². The largest absolute Gasteiger partial charge is 0.364 e. The second-order valence-electron chi connectivity index (χ2n) is 11.7. The Bertz CT molecular complexity index is 2140. The second kappa shape index (κ2) is 13.5. The van der Waals surface area contributed by atoms with Crippen LogP contribution in [0.2, 0.25) is 5.28 Å². The Hall–Kier alpha value is -4.37. The van der Waals surface area contributed by atoms with Gasteiger partial charge in [0.1, 0.15) is 22.2 Å². The molecule has 0 radical (unpaired) electrons. The van der Waals surface area contributed by atoms with E-state index in [-0.39, 0.29) is 32.5 Å². The molecule has 15 heteroatoms. The van der Waals surface area contributed by atoms with E-state index in [0.717, 1.165) is 43.1 Å². The van der Waals surface area contributed by atoms with Gasteiger partial charge in [0.15, 0.2) is 5.82 Å². The molecule has 7 rings (SSSR count). The summed E-state index contributed by atoms with van der Waals surface area (Å²) in [5.41, 5.74) is -0.442. The first-order valence-electron chi connectivity index (χ1n) is 15.4. The highest BCUT2D eigenvalue weighted by Crippen LogP contribution is 2.44. The van der Waals surface area contributed by atoms with Crippen molar-refractivity contribution in [2.75, 3.05) is 17.6 Å². The highest BCUT2D eigenvalue weighted by atomic mass is 35.5. The van der Waals surface area contributed by atoms with Crippen LogP contribution in [0.25, 0.3) is 21.8 Å². The van der Waals surface area contributed by atoms with E-state index in [0.29, 0.717) is 28.7 Å². The summed E-state index contributed by atoms with van der Waals surface area (Å²) in [5, 5.41) is 0.717. The molecule has 49 heavy (non-hydrogen) atoms. The van der Waals surface area contributed by atoms with Crippen LogP contribution in [0.15, 0.2) is 83.9 Å². The lowest BCUT2D eigenvalue weighted by Gasteiger charge is -2.30. The van der Waals surface area contributed by atoms with E-state index in [4.69, 9.17) is 21.4 Å². The molecule has 1 aliphatic heterocycles. The highest BCUT2D eigenvalue weighted by Gasteiger charge is 2.37. The number of piperidine rings is 1. The molecule has 0 N–H and O–H groups in total. The molecule has 2 aromatic heterocycles. The summed E-state index contributed by atoms with van der Waals surface area (Å²) in [6.45, 7) is 1.83. The second-order valence-corrected chi connectivity index (χ2v) is 14.8. The van der Waals surface area contributed by atoms with Crippen molar-refractivity contribution in [3.63, 3.8) is 0 Å². The molecule has 5 aromatic rings. The van der Waals surface area contributed by atoms with Gasteiger partial charge >= 0.3 is 5.97 Å². The summed E-state index contributed by atoms with van der Waals surface area (Å²) in [5.74, 6) is -4.65. The van der Waals surface area contributed by atoms with Gasteiger partial charge < -0.3 is 9.74 Å². The van der Waals surface area contributed by atoms with E-state index in [2.05, 4.69) is 14.9 Å².